The van der Waals surface area contributed by atoms with Gasteiger partial charge in [-0.1, -0.05) is 40.0 Å². The van der Waals surface area contributed by atoms with Crippen LogP contribution in [0.4, 0.5) is 0 Å². The van der Waals surface area contributed by atoms with Crippen molar-refractivity contribution in [2.45, 2.75) is 73.1 Å². The van der Waals surface area contributed by atoms with Crippen molar-refractivity contribution in [2.24, 2.45) is 0 Å². The Hall–Kier alpha value is 0.150. The maximum Gasteiger partial charge on any atom is 0.203 e. The molecule has 0 unspecified atom stereocenters. The molecular formula is C16H37O3P. The van der Waals surface area contributed by atoms with Crippen LogP contribution in [-0.2, 0) is 13.8 Å². The van der Waals surface area contributed by atoms with E-state index in [9.17, 15) is 4.57 Å². The molecule has 0 radical (unpaired) electrons. The van der Waals surface area contributed by atoms with E-state index in [-0.39, 0.29) is 0 Å². The van der Waals surface area contributed by atoms with Gasteiger partial charge in [0.05, 0.1) is 6.61 Å². The SMILES string of the molecule is CCCCOP(=O)(CCCC)CCCC.CCOCC. The first-order chi connectivity index (χ1) is 9.60. The lowest BCUT2D eigenvalue weighted by molar-refractivity contribution is 0.162. The van der Waals surface area contributed by atoms with Crippen molar-refractivity contribution in [2.75, 3.05) is 32.1 Å². The summed E-state index contributed by atoms with van der Waals surface area (Å²) in [6.07, 6.45) is 7.99. The first kappa shape index (κ1) is 22.4. The predicted molar refractivity (Wildman–Crippen MR) is 90.2 cm³/mol. The number of hydrogen-bond acceptors (Lipinski definition) is 3. The van der Waals surface area contributed by atoms with E-state index in [0.29, 0.717) is 6.61 Å². The fraction of sp³-hybridized carbons (Fsp3) is 1.00. The van der Waals surface area contributed by atoms with Gasteiger partial charge in [-0.3, -0.25) is 4.57 Å². The Balaban J connectivity index is 0. The fourth-order valence-electron chi connectivity index (χ4n) is 1.62. The molecule has 0 aromatic rings. The maximum atomic E-state index is 12.4. The number of hydrogen-bond donors (Lipinski definition) is 0. The molecule has 0 amide bonds. The highest BCUT2D eigenvalue weighted by molar-refractivity contribution is 7.58. The molecule has 0 N–H and O–H groups in total. The summed E-state index contributed by atoms with van der Waals surface area (Å²) in [5, 5.41) is 0. The van der Waals surface area contributed by atoms with Crippen molar-refractivity contribution < 1.29 is 13.8 Å². The van der Waals surface area contributed by atoms with Gasteiger partial charge in [0, 0.05) is 25.5 Å². The van der Waals surface area contributed by atoms with Gasteiger partial charge in [-0.2, -0.15) is 0 Å². The average molecular weight is 308 g/mol. The first-order valence-electron chi connectivity index (χ1n) is 8.40. The molecule has 0 aromatic heterocycles. The second kappa shape index (κ2) is 17.2. The molecule has 124 valence electrons. The monoisotopic (exact) mass is 308 g/mol. The van der Waals surface area contributed by atoms with E-state index in [1.807, 2.05) is 13.8 Å². The van der Waals surface area contributed by atoms with Crippen LogP contribution in [0.25, 0.3) is 0 Å². The number of rotatable bonds is 12. The van der Waals surface area contributed by atoms with Crippen LogP contribution in [0, 0.1) is 0 Å². The summed E-state index contributed by atoms with van der Waals surface area (Å²) >= 11 is 0. The molecule has 4 heteroatoms. The predicted octanol–water partition coefficient (Wildman–Crippen LogP) is 5.72. The molecule has 20 heavy (non-hydrogen) atoms. The molecule has 0 rings (SSSR count). The Morgan fingerprint density at radius 3 is 1.50 bits per heavy atom. The molecule has 0 atom stereocenters. The molecule has 0 spiro atoms. The van der Waals surface area contributed by atoms with E-state index < -0.39 is 7.37 Å². The highest BCUT2D eigenvalue weighted by Crippen LogP contribution is 2.48. The second-order valence-electron chi connectivity index (χ2n) is 4.94. The Labute approximate surface area is 127 Å². The van der Waals surface area contributed by atoms with Crippen molar-refractivity contribution in [1.29, 1.82) is 0 Å². The summed E-state index contributed by atoms with van der Waals surface area (Å²) in [7, 11) is -2.28. The van der Waals surface area contributed by atoms with Crippen molar-refractivity contribution in [3.8, 4) is 0 Å². The van der Waals surface area contributed by atoms with Crippen molar-refractivity contribution in [1.82, 2.24) is 0 Å². The van der Waals surface area contributed by atoms with E-state index >= 15 is 0 Å². The van der Waals surface area contributed by atoms with Gasteiger partial charge in [0.25, 0.3) is 0 Å². The number of ether oxygens (including phenoxy) is 1. The minimum absolute atomic E-state index is 0.682. The summed E-state index contributed by atoms with van der Waals surface area (Å²) < 4.78 is 22.8. The van der Waals surface area contributed by atoms with E-state index in [1.165, 1.54) is 0 Å². The molecule has 0 heterocycles. The van der Waals surface area contributed by atoms with E-state index in [2.05, 4.69) is 20.8 Å². The van der Waals surface area contributed by atoms with Gasteiger partial charge in [0.15, 0.2) is 0 Å². The summed E-state index contributed by atoms with van der Waals surface area (Å²) in [5.74, 6) is 0. The van der Waals surface area contributed by atoms with Crippen LogP contribution in [-0.4, -0.2) is 32.1 Å². The minimum atomic E-state index is -2.28. The summed E-state index contributed by atoms with van der Waals surface area (Å²) in [6, 6.07) is 0. The molecule has 0 aliphatic rings. The quantitative estimate of drug-likeness (QED) is 0.341. The maximum absolute atomic E-state index is 12.4. The van der Waals surface area contributed by atoms with E-state index in [0.717, 1.165) is 64.1 Å². The lowest BCUT2D eigenvalue weighted by atomic mass is 10.4. The largest absolute Gasteiger partial charge is 0.382 e. The average Bonchev–Trinajstić information content (AvgIpc) is 2.45. The third-order valence-electron chi connectivity index (χ3n) is 2.94. The first-order valence-corrected chi connectivity index (χ1v) is 10.4. The standard InChI is InChI=1S/C12H27O2P.C4H10O/c1-4-7-10-14-15(13,11-8-5-2)12-9-6-3;1-3-5-4-2/h4-12H2,1-3H3;3-4H2,1-2H3. The van der Waals surface area contributed by atoms with Crippen molar-refractivity contribution in [3.05, 3.63) is 0 Å². The molecule has 0 saturated carbocycles. The van der Waals surface area contributed by atoms with Crippen LogP contribution in [0.2, 0.25) is 0 Å². The topological polar surface area (TPSA) is 35.5 Å². The zero-order valence-electron chi connectivity index (χ0n) is 14.5. The van der Waals surface area contributed by atoms with Gasteiger partial charge in [0.2, 0.25) is 7.37 Å². The molecule has 0 aliphatic carbocycles. The van der Waals surface area contributed by atoms with Gasteiger partial charge in [-0.15, -0.1) is 0 Å². The Bertz CT molecular complexity index is 206. The summed E-state index contributed by atoms with van der Waals surface area (Å²) in [4.78, 5) is 0. The van der Waals surface area contributed by atoms with E-state index in [1.54, 1.807) is 0 Å². The second-order valence-corrected chi connectivity index (χ2v) is 7.72. The summed E-state index contributed by atoms with van der Waals surface area (Å²) in [5.41, 5.74) is 0. The van der Waals surface area contributed by atoms with E-state index in [4.69, 9.17) is 9.26 Å². The summed E-state index contributed by atoms with van der Waals surface area (Å²) in [6.45, 7) is 12.7. The third kappa shape index (κ3) is 16.2. The molecule has 0 aliphatic heterocycles. The highest BCUT2D eigenvalue weighted by atomic mass is 31.2. The minimum Gasteiger partial charge on any atom is -0.382 e. The van der Waals surface area contributed by atoms with Crippen LogP contribution in [0.3, 0.4) is 0 Å². The zero-order chi connectivity index (χ0) is 15.7. The molecular weight excluding hydrogens is 271 g/mol. The van der Waals surface area contributed by atoms with Gasteiger partial charge >= 0.3 is 0 Å². The van der Waals surface area contributed by atoms with Crippen LogP contribution < -0.4 is 0 Å². The lowest BCUT2D eigenvalue weighted by Gasteiger charge is -2.18. The third-order valence-corrected chi connectivity index (χ3v) is 5.59. The normalized spacial score (nSPS) is 11.1. The molecule has 0 saturated heterocycles. The van der Waals surface area contributed by atoms with Gasteiger partial charge < -0.3 is 9.26 Å². The molecule has 0 fully saturated rings. The molecule has 3 nitrogen and oxygen atoms in total. The van der Waals surface area contributed by atoms with Crippen LogP contribution in [0.1, 0.15) is 73.1 Å². The van der Waals surface area contributed by atoms with Crippen molar-refractivity contribution >= 4 is 7.37 Å². The molecule has 0 aromatic carbocycles. The molecule has 0 bridgehead atoms. The van der Waals surface area contributed by atoms with Crippen LogP contribution >= 0.6 is 7.37 Å². The van der Waals surface area contributed by atoms with Gasteiger partial charge in [-0.05, 0) is 33.1 Å². The lowest BCUT2D eigenvalue weighted by Crippen LogP contribution is -2.01. The fourth-order valence-corrected chi connectivity index (χ4v) is 4.16. The Morgan fingerprint density at radius 1 is 0.750 bits per heavy atom. The zero-order valence-corrected chi connectivity index (χ0v) is 15.3. The Morgan fingerprint density at radius 2 is 1.20 bits per heavy atom. The Kier molecular flexibility index (Phi) is 19.3. The smallest absolute Gasteiger partial charge is 0.203 e. The van der Waals surface area contributed by atoms with Crippen molar-refractivity contribution in [3.63, 3.8) is 0 Å². The number of unbranched alkanes of at least 4 members (excludes halogenated alkanes) is 3. The highest BCUT2D eigenvalue weighted by Gasteiger charge is 2.21. The van der Waals surface area contributed by atoms with Crippen LogP contribution in [0.15, 0.2) is 0 Å². The van der Waals surface area contributed by atoms with Gasteiger partial charge in [0.1, 0.15) is 0 Å². The van der Waals surface area contributed by atoms with Crippen LogP contribution in [0.5, 0.6) is 0 Å². The van der Waals surface area contributed by atoms with Gasteiger partial charge in [-0.25, -0.2) is 0 Å².